The van der Waals surface area contributed by atoms with Crippen molar-refractivity contribution in [1.82, 2.24) is 0 Å². The molecule has 2 aromatic rings. The van der Waals surface area contributed by atoms with Gasteiger partial charge >= 0.3 is 11.6 Å². The quantitative estimate of drug-likeness (QED) is 0.408. The average molecular weight is 416 g/mol. The van der Waals surface area contributed by atoms with Crippen molar-refractivity contribution in [3.63, 3.8) is 0 Å². The van der Waals surface area contributed by atoms with Gasteiger partial charge in [0.15, 0.2) is 11.9 Å². The Balaban J connectivity index is 2.18. The van der Waals surface area contributed by atoms with E-state index in [4.69, 9.17) is 23.4 Å². The molecule has 1 aromatic carbocycles. The van der Waals surface area contributed by atoms with Crippen molar-refractivity contribution in [2.24, 2.45) is 0 Å². The second-order valence-electron chi connectivity index (χ2n) is 8.33. The van der Waals surface area contributed by atoms with E-state index in [1.165, 1.54) is 13.2 Å². The van der Waals surface area contributed by atoms with Gasteiger partial charge in [-0.3, -0.25) is 0 Å². The van der Waals surface area contributed by atoms with Crippen molar-refractivity contribution in [2.45, 2.75) is 65.1 Å². The molecule has 7 heteroatoms. The van der Waals surface area contributed by atoms with Crippen molar-refractivity contribution < 1.29 is 28.2 Å². The predicted molar refractivity (Wildman–Crippen MR) is 111 cm³/mol. The van der Waals surface area contributed by atoms with Crippen LogP contribution in [0.4, 0.5) is 0 Å². The smallest absolute Gasteiger partial charge is 0.336 e. The van der Waals surface area contributed by atoms with Crippen molar-refractivity contribution in [3.05, 3.63) is 51.9 Å². The van der Waals surface area contributed by atoms with Crippen molar-refractivity contribution in [3.8, 4) is 5.75 Å². The Labute approximate surface area is 175 Å². The van der Waals surface area contributed by atoms with Gasteiger partial charge in [0.25, 0.3) is 0 Å². The van der Waals surface area contributed by atoms with Crippen LogP contribution in [0.25, 0.3) is 11.0 Å². The van der Waals surface area contributed by atoms with Crippen LogP contribution in [-0.4, -0.2) is 30.6 Å². The van der Waals surface area contributed by atoms with Gasteiger partial charge in [-0.1, -0.05) is 6.08 Å². The van der Waals surface area contributed by atoms with Crippen LogP contribution in [-0.2, 0) is 19.0 Å². The highest BCUT2D eigenvalue weighted by Gasteiger charge is 2.52. The van der Waals surface area contributed by atoms with E-state index in [2.05, 4.69) is 0 Å². The van der Waals surface area contributed by atoms with E-state index in [1.54, 1.807) is 38.1 Å². The van der Waals surface area contributed by atoms with Crippen LogP contribution in [0.5, 0.6) is 5.75 Å². The lowest BCUT2D eigenvalue weighted by Gasteiger charge is -2.31. The topological polar surface area (TPSA) is 84.2 Å². The van der Waals surface area contributed by atoms with Crippen molar-refractivity contribution in [2.75, 3.05) is 7.11 Å². The van der Waals surface area contributed by atoms with E-state index >= 15 is 0 Å². The maximum absolute atomic E-state index is 12.7. The fourth-order valence-corrected chi connectivity index (χ4v) is 3.72. The minimum Gasteiger partial charge on any atom is -0.496 e. The van der Waals surface area contributed by atoms with Crippen LogP contribution in [0.2, 0.25) is 0 Å². The number of methoxy groups -OCH3 is 1. The zero-order valence-electron chi connectivity index (χ0n) is 18.4. The van der Waals surface area contributed by atoms with Crippen LogP contribution < -0.4 is 10.4 Å². The van der Waals surface area contributed by atoms with Gasteiger partial charge in [-0.15, -0.1) is 0 Å². The first-order valence-electron chi connectivity index (χ1n) is 9.81. The molecule has 30 heavy (non-hydrogen) atoms. The first-order valence-corrected chi connectivity index (χ1v) is 9.81. The number of benzene rings is 1. The second kappa shape index (κ2) is 7.89. The molecule has 0 amide bonds. The highest BCUT2D eigenvalue weighted by atomic mass is 16.8. The molecule has 0 spiro atoms. The third kappa shape index (κ3) is 4.27. The van der Waals surface area contributed by atoms with Gasteiger partial charge < -0.3 is 23.4 Å². The van der Waals surface area contributed by atoms with Gasteiger partial charge in [-0.25, -0.2) is 9.59 Å². The fraction of sp³-hybridized carbons (Fsp3) is 0.478. The molecule has 2 atom stereocenters. The highest BCUT2D eigenvalue weighted by molar-refractivity contribution is 5.88. The Morgan fingerprint density at radius 1 is 1.20 bits per heavy atom. The summed E-state index contributed by atoms with van der Waals surface area (Å²) in [7, 11) is 1.50. The summed E-state index contributed by atoms with van der Waals surface area (Å²) >= 11 is 0. The molecule has 0 N–H and O–H groups in total. The molecule has 1 aliphatic heterocycles. The van der Waals surface area contributed by atoms with Crippen molar-refractivity contribution in [1.29, 1.82) is 0 Å². The molecule has 0 radical (unpaired) electrons. The molecule has 162 valence electrons. The lowest BCUT2D eigenvalue weighted by atomic mass is 9.91. The third-order valence-electron chi connectivity index (χ3n) is 5.15. The maximum atomic E-state index is 12.7. The summed E-state index contributed by atoms with van der Waals surface area (Å²) in [5.74, 6) is -0.907. The largest absolute Gasteiger partial charge is 0.496 e. The molecule has 1 saturated heterocycles. The van der Waals surface area contributed by atoms with Crippen LogP contribution in [0.3, 0.4) is 0 Å². The number of fused-ring (bicyclic) bond motifs is 1. The average Bonchev–Trinajstić information content (AvgIpc) is 2.90. The summed E-state index contributed by atoms with van der Waals surface area (Å²) in [5.41, 5.74) is 0.235. The van der Waals surface area contributed by atoms with E-state index < -0.39 is 35.2 Å². The van der Waals surface area contributed by atoms with E-state index in [1.807, 2.05) is 27.7 Å². The van der Waals surface area contributed by atoms with Gasteiger partial charge in [0, 0.05) is 28.7 Å². The number of carbonyl (C=O) groups excluding carboxylic acids is 1. The third-order valence-corrected chi connectivity index (χ3v) is 5.15. The molecule has 3 rings (SSSR count). The van der Waals surface area contributed by atoms with E-state index in [9.17, 15) is 9.59 Å². The summed E-state index contributed by atoms with van der Waals surface area (Å²) in [6.45, 7) is 10.9. The van der Waals surface area contributed by atoms with E-state index in [0.717, 1.165) is 0 Å². The summed E-state index contributed by atoms with van der Waals surface area (Å²) in [5, 5.41) is 0.671. The highest BCUT2D eigenvalue weighted by Crippen LogP contribution is 2.46. The number of allylic oxidation sites excluding steroid dienone is 1. The lowest BCUT2D eigenvalue weighted by Crippen LogP contribution is -2.39. The van der Waals surface area contributed by atoms with Gasteiger partial charge in [-0.05, 0) is 53.7 Å². The number of carbonyl (C=O) groups is 1. The minimum atomic E-state index is -0.856. The molecule has 0 aliphatic carbocycles. The molecule has 1 fully saturated rings. The molecule has 1 aliphatic rings. The number of esters is 1. The molecule has 2 unspecified atom stereocenters. The first kappa shape index (κ1) is 22.1. The Morgan fingerprint density at radius 3 is 2.47 bits per heavy atom. The summed E-state index contributed by atoms with van der Waals surface area (Å²) in [6, 6.07) is 6.39. The normalized spacial score (nSPS) is 21.4. The summed E-state index contributed by atoms with van der Waals surface area (Å²) in [4.78, 5) is 24.3. The van der Waals surface area contributed by atoms with Crippen LogP contribution in [0.15, 0.2) is 45.1 Å². The molecule has 7 nitrogen and oxygen atoms in total. The molecular formula is C23H28O7. The van der Waals surface area contributed by atoms with Gasteiger partial charge in [0.1, 0.15) is 17.4 Å². The lowest BCUT2D eigenvalue weighted by molar-refractivity contribution is -0.171. The van der Waals surface area contributed by atoms with Gasteiger partial charge in [0.05, 0.1) is 12.7 Å². The zero-order valence-corrected chi connectivity index (χ0v) is 18.4. The Hall–Kier alpha value is -2.64. The maximum Gasteiger partial charge on any atom is 0.336 e. The second-order valence-corrected chi connectivity index (χ2v) is 8.33. The molecule has 1 aromatic heterocycles. The monoisotopic (exact) mass is 416 g/mol. The molecule has 0 bridgehead atoms. The fourth-order valence-electron chi connectivity index (χ4n) is 3.72. The number of rotatable bonds is 5. The molecule has 2 heterocycles. The Bertz CT molecular complexity index is 1050. The van der Waals surface area contributed by atoms with Crippen LogP contribution >= 0.6 is 0 Å². The van der Waals surface area contributed by atoms with Crippen molar-refractivity contribution >= 4 is 16.9 Å². The molecular weight excluding hydrogens is 388 g/mol. The van der Waals surface area contributed by atoms with Gasteiger partial charge in [-0.2, -0.15) is 0 Å². The SMILES string of the molecule is CC=C(C)C(=O)OC(c1cc2ccc(=O)oc2cc1OC)C1OC(C)(C)OC1(C)C. The van der Waals surface area contributed by atoms with Gasteiger partial charge in [0.2, 0.25) is 0 Å². The van der Waals surface area contributed by atoms with E-state index in [-0.39, 0.29) is 0 Å². The predicted octanol–water partition coefficient (Wildman–Crippen LogP) is 4.28. The van der Waals surface area contributed by atoms with Crippen LogP contribution in [0, 0.1) is 0 Å². The number of hydrogen-bond donors (Lipinski definition) is 0. The zero-order chi connectivity index (χ0) is 22.3. The molecule has 0 saturated carbocycles. The summed E-state index contributed by atoms with van der Waals surface area (Å²) < 4.78 is 29.0. The first-order chi connectivity index (χ1) is 14.0. The number of ether oxygens (including phenoxy) is 4. The standard InChI is InChI=1S/C23H28O7/c1-8-13(2)21(25)28-19(20-22(3,4)30-23(5,6)29-20)15-11-14-9-10-18(24)27-16(14)12-17(15)26-7/h8-12,19-20H,1-7H3. The number of hydrogen-bond acceptors (Lipinski definition) is 7. The van der Waals surface area contributed by atoms with E-state index in [0.29, 0.717) is 27.9 Å². The Morgan fingerprint density at radius 2 is 1.90 bits per heavy atom. The van der Waals surface area contributed by atoms with Crippen LogP contribution in [0.1, 0.15) is 53.2 Å². The summed E-state index contributed by atoms with van der Waals surface area (Å²) in [6.07, 6.45) is 0.255. The minimum absolute atomic E-state index is 0.376. The Kier molecular flexibility index (Phi) is 5.80.